The minimum absolute atomic E-state index is 0.0119. The number of carbonyl (C=O) groups excluding carboxylic acids is 2. The van der Waals surface area contributed by atoms with Crippen LogP contribution in [0.25, 0.3) is 10.4 Å². The van der Waals surface area contributed by atoms with Crippen molar-refractivity contribution < 1.29 is 18.7 Å². The Kier molecular flexibility index (Phi) is 5.95. The summed E-state index contributed by atoms with van der Waals surface area (Å²) in [4.78, 5) is 25.0. The van der Waals surface area contributed by atoms with Gasteiger partial charge in [0, 0.05) is 28.8 Å². The van der Waals surface area contributed by atoms with Crippen molar-refractivity contribution in [3.8, 4) is 16.2 Å². The van der Waals surface area contributed by atoms with E-state index < -0.39 is 0 Å². The number of benzene rings is 1. The lowest BCUT2D eigenvalue weighted by molar-refractivity contribution is -0.122. The first-order valence-electron chi connectivity index (χ1n) is 9.24. The molecule has 0 aliphatic carbocycles. The van der Waals surface area contributed by atoms with Crippen LogP contribution in [0.4, 0.5) is 4.39 Å². The highest BCUT2D eigenvalue weighted by Crippen LogP contribution is 2.42. The number of nitrogens with one attached hydrogen (secondary N) is 1. The predicted molar refractivity (Wildman–Crippen MR) is 105 cm³/mol. The Morgan fingerprint density at radius 1 is 1.37 bits per heavy atom. The number of carbonyl (C=O) groups is 2. The number of fused-ring (bicyclic) bond motifs is 1. The normalized spacial score (nSPS) is 16.5. The van der Waals surface area contributed by atoms with Crippen LogP contribution < -0.4 is 10.1 Å². The Balaban J connectivity index is 1.73. The molecule has 1 N–H and O–H groups in total. The fourth-order valence-electron chi connectivity index (χ4n) is 3.12. The maximum atomic E-state index is 14.1. The van der Waals surface area contributed by atoms with E-state index >= 15 is 0 Å². The number of halogens is 1. The zero-order valence-corrected chi connectivity index (χ0v) is 16.6. The van der Waals surface area contributed by atoms with Crippen LogP contribution in [-0.4, -0.2) is 24.3 Å². The number of thiophene rings is 1. The van der Waals surface area contributed by atoms with Crippen molar-refractivity contribution in [1.82, 2.24) is 5.32 Å². The van der Waals surface area contributed by atoms with Crippen LogP contribution in [0.2, 0.25) is 0 Å². The molecule has 4 nitrogen and oxygen atoms in total. The molecule has 144 valence electrons. The van der Waals surface area contributed by atoms with Crippen LogP contribution in [-0.2, 0) is 11.2 Å². The molecule has 1 aromatic carbocycles. The van der Waals surface area contributed by atoms with Crippen molar-refractivity contribution >= 4 is 23.0 Å². The Morgan fingerprint density at radius 3 is 2.81 bits per heavy atom. The standard InChI is InChI=1S/C21H24FNO3S/c1-4-12(2)7-20(25)23-11-16-9-14-8-15(22)10-17(21(14)26-16)19-6-5-18(27-19)13(3)24/h5-6,8,10,12,16H,4,7,9,11H2,1-3H3,(H,23,25)/t12-,16-/m1/s1. The van der Waals surface area contributed by atoms with Crippen LogP contribution >= 0.6 is 11.3 Å². The molecule has 2 atom stereocenters. The average molecular weight is 389 g/mol. The zero-order valence-electron chi connectivity index (χ0n) is 15.8. The van der Waals surface area contributed by atoms with Gasteiger partial charge in [0.25, 0.3) is 0 Å². The summed E-state index contributed by atoms with van der Waals surface area (Å²) in [5, 5.41) is 2.92. The summed E-state index contributed by atoms with van der Waals surface area (Å²) in [7, 11) is 0. The van der Waals surface area contributed by atoms with Gasteiger partial charge < -0.3 is 10.1 Å². The van der Waals surface area contributed by atoms with E-state index in [0.29, 0.717) is 41.5 Å². The number of hydrogen-bond acceptors (Lipinski definition) is 4. The molecular formula is C21H24FNO3S. The molecule has 1 amide bonds. The van der Waals surface area contributed by atoms with Crippen LogP contribution in [0, 0.1) is 11.7 Å². The molecule has 1 aliphatic rings. The number of Topliss-reactive ketones (excluding diaryl/α,β-unsaturated/α-hetero) is 1. The van der Waals surface area contributed by atoms with E-state index in [1.165, 1.54) is 30.4 Å². The van der Waals surface area contributed by atoms with Gasteiger partial charge in [0.05, 0.1) is 11.4 Å². The summed E-state index contributed by atoms with van der Waals surface area (Å²) in [6, 6.07) is 6.50. The fourth-order valence-corrected chi connectivity index (χ4v) is 4.04. The van der Waals surface area contributed by atoms with Crippen LogP contribution in [0.1, 0.15) is 48.8 Å². The Labute approximate surface area is 162 Å². The van der Waals surface area contributed by atoms with E-state index in [9.17, 15) is 14.0 Å². The summed E-state index contributed by atoms with van der Waals surface area (Å²) in [5.74, 6) is 0.671. The van der Waals surface area contributed by atoms with Crippen molar-refractivity contribution in [2.75, 3.05) is 6.54 Å². The monoisotopic (exact) mass is 389 g/mol. The highest BCUT2D eigenvalue weighted by atomic mass is 32.1. The Bertz CT molecular complexity index is 861. The molecule has 0 unspecified atom stereocenters. The van der Waals surface area contributed by atoms with Crippen LogP contribution in [0.5, 0.6) is 5.75 Å². The molecule has 1 aliphatic heterocycles. The summed E-state index contributed by atoms with van der Waals surface area (Å²) in [5.41, 5.74) is 1.46. The van der Waals surface area contributed by atoms with Crippen molar-refractivity contribution in [1.29, 1.82) is 0 Å². The number of hydrogen-bond donors (Lipinski definition) is 1. The smallest absolute Gasteiger partial charge is 0.220 e. The van der Waals surface area contributed by atoms with Crippen molar-refractivity contribution in [2.45, 2.75) is 46.1 Å². The van der Waals surface area contributed by atoms with Crippen molar-refractivity contribution in [3.05, 3.63) is 40.5 Å². The van der Waals surface area contributed by atoms with E-state index in [4.69, 9.17) is 4.74 Å². The Hall–Kier alpha value is -2.21. The van der Waals surface area contributed by atoms with E-state index in [1.807, 2.05) is 13.0 Å². The van der Waals surface area contributed by atoms with Gasteiger partial charge in [0.2, 0.25) is 5.91 Å². The largest absolute Gasteiger partial charge is 0.487 e. The first-order valence-corrected chi connectivity index (χ1v) is 10.1. The second-order valence-electron chi connectivity index (χ2n) is 7.13. The van der Waals surface area contributed by atoms with Gasteiger partial charge in [-0.05, 0) is 37.1 Å². The summed E-state index contributed by atoms with van der Waals surface area (Å²) >= 11 is 1.33. The number of amides is 1. The second-order valence-corrected chi connectivity index (χ2v) is 8.21. The highest BCUT2D eigenvalue weighted by molar-refractivity contribution is 7.17. The quantitative estimate of drug-likeness (QED) is 0.704. The molecule has 3 rings (SSSR count). The minimum Gasteiger partial charge on any atom is -0.487 e. The maximum Gasteiger partial charge on any atom is 0.220 e. The second kappa shape index (κ2) is 8.21. The summed E-state index contributed by atoms with van der Waals surface area (Å²) < 4.78 is 20.1. The lowest BCUT2D eigenvalue weighted by atomic mass is 10.0. The summed E-state index contributed by atoms with van der Waals surface area (Å²) in [6.07, 6.45) is 1.80. The third-order valence-corrected chi connectivity index (χ3v) is 6.06. The van der Waals surface area contributed by atoms with E-state index in [2.05, 4.69) is 12.2 Å². The minimum atomic E-state index is -0.327. The average Bonchev–Trinajstić information content (AvgIpc) is 3.26. The third-order valence-electron chi connectivity index (χ3n) is 4.84. The van der Waals surface area contributed by atoms with E-state index in [0.717, 1.165) is 16.9 Å². The van der Waals surface area contributed by atoms with Crippen LogP contribution in [0.3, 0.4) is 0 Å². The topological polar surface area (TPSA) is 55.4 Å². The lowest BCUT2D eigenvalue weighted by Crippen LogP contribution is -2.35. The lowest BCUT2D eigenvalue weighted by Gasteiger charge is -2.14. The molecule has 6 heteroatoms. The zero-order chi connectivity index (χ0) is 19.6. The van der Waals surface area contributed by atoms with Gasteiger partial charge in [0.15, 0.2) is 5.78 Å². The number of ketones is 1. The van der Waals surface area contributed by atoms with Crippen molar-refractivity contribution in [2.24, 2.45) is 5.92 Å². The number of ether oxygens (including phenoxy) is 1. The fraction of sp³-hybridized carbons (Fsp3) is 0.429. The molecule has 0 fully saturated rings. The third kappa shape index (κ3) is 4.56. The molecule has 2 aromatic rings. The maximum absolute atomic E-state index is 14.1. The molecule has 0 saturated carbocycles. The van der Waals surface area contributed by atoms with Gasteiger partial charge in [-0.1, -0.05) is 20.3 Å². The molecule has 0 radical (unpaired) electrons. The SMILES string of the molecule is CC[C@@H](C)CC(=O)NC[C@H]1Cc2cc(F)cc(-c3ccc(C(C)=O)s3)c2O1. The highest BCUT2D eigenvalue weighted by Gasteiger charge is 2.28. The number of rotatable bonds is 7. The van der Waals surface area contributed by atoms with Crippen molar-refractivity contribution in [3.63, 3.8) is 0 Å². The van der Waals surface area contributed by atoms with Gasteiger partial charge in [-0.25, -0.2) is 4.39 Å². The molecule has 0 bridgehead atoms. The van der Waals surface area contributed by atoms with Gasteiger partial charge in [0.1, 0.15) is 17.7 Å². The van der Waals surface area contributed by atoms with Gasteiger partial charge in [-0.2, -0.15) is 0 Å². The molecule has 2 heterocycles. The molecule has 0 saturated heterocycles. The first kappa shape index (κ1) is 19.5. The summed E-state index contributed by atoms with van der Waals surface area (Å²) in [6.45, 7) is 6.02. The van der Waals surface area contributed by atoms with Gasteiger partial charge in [-0.3, -0.25) is 9.59 Å². The predicted octanol–water partition coefficient (Wildman–Crippen LogP) is 4.61. The Morgan fingerprint density at radius 2 is 2.15 bits per heavy atom. The van der Waals surface area contributed by atoms with E-state index in [1.54, 1.807) is 6.07 Å². The molecular weight excluding hydrogens is 365 g/mol. The van der Waals surface area contributed by atoms with Gasteiger partial charge in [-0.15, -0.1) is 11.3 Å². The van der Waals surface area contributed by atoms with Crippen LogP contribution in [0.15, 0.2) is 24.3 Å². The molecule has 0 spiro atoms. The molecule has 1 aromatic heterocycles. The first-order chi connectivity index (χ1) is 12.9. The van der Waals surface area contributed by atoms with E-state index in [-0.39, 0.29) is 23.6 Å². The molecule has 27 heavy (non-hydrogen) atoms. The van der Waals surface area contributed by atoms with Gasteiger partial charge >= 0.3 is 0 Å².